The van der Waals surface area contributed by atoms with Gasteiger partial charge in [0, 0.05) is 0 Å². The zero-order valence-corrected chi connectivity index (χ0v) is 11.2. The molecule has 11 heteroatoms. The molecular weight excluding hydrogens is 315 g/mol. The van der Waals surface area contributed by atoms with Gasteiger partial charge >= 0.3 is 7.12 Å². The zero-order chi connectivity index (χ0) is 17.2. The molecule has 10 nitrogen and oxygen atoms in total. The summed E-state index contributed by atoms with van der Waals surface area (Å²) in [5.41, 5.74) is -1.12. The Morgan fingerprint density at radius 1 is 0.739 bits per heavy atom. The van der Waals surface area contributed by atoms with Crippen LogP contribution >= 0.6 is 0 Å². The van der Waals surface area contributed by atoms with Crippen molar-refractivity contribution in [2.45, 2.75) is 12.0 Å². The zero-order valence-electron chi connectivity index (χ0n) is 11.2. The van der Waals surface area contributed by atoms with E-state index in [4.69, 9.17) is 4.74 Å². The van der Waals surface area contributed by atoms with Crippen LogP contribution in [0.4, 0.5) is 0 Å². The van der Waals surface area contributed by atoms with Crippen LogP contribution in [0.3, 0.4) is 0 Å². The van der Waals surface area contributed by atoms with Gasteiger partial charge in [-0.1, -0.05) is 0 Å². The number of hydrogen-bond donors (Lipinski definition) is 9. The Morgan fingerprint density at radius 3 is 1.87 bits per heavy atom. The summed E-state index contributed by atoms with van der Waals surface area (Å²) in [4.78, 5) is 0. The Bertz CT molecular complexity index is 781. The third-order valence-electron chi connectivity index (χ3n) is 3.84. The first-order valence-corrected chi connectivity index (χ1v) is 6.26. The molecule has 2 atom stereocenters. The highest BCUT2D eigenvalue weighted by Crippen LogP contribution is 2.54. The molecule has 0 saturated carbocycles. The van der Waals surface area contributed by atoms with Crippen LogP contribution in [0.5, 0.6) is 23.0 Å². The lowest BCUT2D eigenvalue weighted by molar-refractivity contribution is 0.130. The van der Waals surface area contributed by atoms with E-state index in [2.05, 4.69) is 0 Å². The summed E-state index contributed by atoms with van der Waals surface area (Å²) >= 11 is 0. The number of fused-ring (bicyclic) bond motifs is 3. The summed E-state index contributed by atoms with van der Waals surface area (Å²) in [6.45, 7) is 0. The van der Waals surface area contributed by atoms with Crippen LogP contribution in [0.15, 0.2) is 23.0 Å². The fourth-order valence-electron chi connectivity index (χ4n) is 2.75. The fourth-order valence-corrected chi connectivity index (χ4v) is 2.75. The number of benzene rings is 1. The van der Waals surface area contributed by atoms with Crippen LogP contribution in [0.2, 0.25) is 0 Å². The third-order valence-corrected chi connectivity index (χ3v) is 3.84. The molecule has 1 heterocycles. The number of aromatic hydroxyl groups is 3. The van der Waals surface area contributed by atoms with Gasteiger partial charge < -0.3 is 50.5 Å². The van der Waals surface area contributed by atoms with Gasteiger partial charge in [-0.05, 0) is 0 Å². The van der Waals surface area contributed by atoms with Gasteiger partial charge in [0.15, 0.2) is 29.1 Å². The van der Waals surface area contributed by atoms with Gasteiger partial charge in [-0.25, -0.2) is 0 Å². The van der Waals surface area contributed by atoms with Crippen LogP contribution in [-0.2, 0) is 0 Å². The molecule has 3 rings (SSSR count). The van der Waals surface area contributed by atoms with Crippen LogP contribution < -0.4 is 10.2 Å². The lowest BCUT2D eigenvalue weighted by Gasteiger charge is -2.23. The van der Waals surface area contributed by atoms with E-state index in [1.807, 2.05) is 0 Å². The van der Waals surface area contributed by atoms with E-state index in [-0.39, 0.29) is 0 Å². The molecule has 0 spiro atoms. The highest BCUT2D eigenvalue weighted by Gasteiger charge is 2.51. The first kappa shape index (κ1) is 15.0. The normalized spacial score (nSPS) is 22.7. The summed E-state index contributed by atoms with van der Waals surface area (Å²) in [5, 5.41) is 87.0. The molecular formula is C12H11BO10. The van der Waals surface area contributed by atoms with Gasteiger partial charge in [0.1, 0.15) is 11.5 Å². The molecule has 0 bridgehead atoms. The monoisotopic (exact) mass is 326 g/mol. The van der Waals surface area contributed by atoms with Gasteiger partial charge in [-0.15, -0.1) is 0 Å². The van der Waals surface area contributed by atoms with E-state index >= 15 is 0 Å². The lowest BCUT2D eigenvalue weighted by Crippen LogP contribution is -2.32. The van der Waals surface area contributed by atoms with Crippen molar-refractivity contribution in [3.8, 4) is 23.0 Å². The summed E-state index contributed by atoms with van der Waals surface area (Å²) in [5.74, 6) is -9.02. The fraction of sp³-hybridized carbons (Fsp3) is 0.167. The van der Waals surface area contributed by atoms with Gasteiger partial charge in [0.25, 0.3) is 0 Å². The molecule has 1 aromatic rings. The standard InChI is InChI=1S/C12H11BO10/c14-4-1-2-5(15)8(18)9(19)10(20)12(2)23-11(1)3(13(21)22)6(16)7(4)17/h2,12,14-22H. The Kier molecular flexibility index (Phi) is 2.96. The van der Waals surface area contributed by atoms with E-state index in [0.717, 1.165) is 0 Å². The highest BCUT2D eigenvalue weighted by molar-refractivity contribution is 6.61. The topological polar surface area (TPSA) is 191 Å². The Balaban J connectivity index is 2.35. The second kappa shape index (κ2) is 4.54. The number of phenolic OH excluding ortho intramolecular Hbond substituents is 3. The van der Waals surface area contributed by atoms with Crippen LogP contribution in [0.25, 0.3) is 0 Å². The lowest BCUT2D eigenvalue weighted by atomic mass is 9.75. The van der Waals surface area contributed by atoms with E-state index in [1.165, 1.54) is 0 Å². The Morgan fingerprint density at radius 2 is 1.30 bits per heavy atom. The van der Waals surface area contributed by atoms with Crippen molar-refractivity contribution in [3.05, 3.63) is 28.6 Å². The van der Waals surface area contributed by atoms with E-state index < -0.39 is 76.2 Å². The second-order valence-corrected chi connectivity index (χ2v) is 5.06. The van der Waals surface area contributed by atoms with E-state index in [1.54, 1.807) is 0 Å². The van der Waals surface area contributed by atoms with Crippen molar-refractivity contribution in [1.82, 2.24) is 0 Å². The number of aliphatic hydroxyl groups excluding tert-OH is 4. The average molecular weight is 326 g/mol. The largest absolute Gasteiger partial charge is 0.507 e. The maximum absolute atomic E-state index is 9.97. The minimum absolute atomic E-state index is 0.406. The van der Waals surface area contributed by atoms with Crippen LogP contribution in [0.1, 0.15) is 11.5 Å². The maximum atomic E-state index is 9.97. The number of aliphatic hydroxyl groups is 4. The molecule has 0 aromatic heterocycles. The number of hydrogen-bond acceptors (Lipinski definition) is 10. The molecule has 1 aromatic carbocycles. The van der Waals surface area contributed by atoms with Crippen molar-refractivity contribution in [2.75, 3.05) is 0 Å². The molecule has 0 fully saturated rings. The summed E-state index contributed by atoms with van der Waals surface area (Å²) < 4.78 is 5.20. The van der Waals surface area contributed by atoms with Crippen LogP contribution in [0, 0.1) is 0 Å². The predicted molar refractivity (Wildman–Crippen MR) is 73.0 cm³/mol. The van der Waals surface area contributed by atoms with Crippen molar-refractivity contribution in [2.24, 2.45) is 0 Å². The van der Waals surface area contributed by atoms with Crippen molar-refractivity contribution in [3.63, 3.8) is 0 Å². The molecule has 2 unspecified atom stereocenters. The van der Waals surface area contributed by atoms with Crippen molar-refractivity contribution >= 4 is 12.6 Å². The molecule has 0 amide bonds. The first-order valence-electron chi connectivity index (χ1n) is 6.26. The van der Waals surface area contributed by atoms with E-state index in [0.29, 0.717) is 0 Å². The van der Waals surface area contributed by atoms with Crippen molar-refractivity contribution in [1.29, 1.82) is 0 Å². The number of rotatable bonds is 1. The van der Waals surface area contributed by atoms with Gasteiger partial charge in [-0.3, -0.25) is 0 Å². The molecule has 122 valence electrons. The van der Waals surface area contributed by atoms with Gasteiger partial charge in [-0.2, -0.15) is 0 Å². The summed E-state index contributed by atoms with van der Waals surface area (Å²) in [6.07, 6.45) is -1.52. The SMILES string of the molecule is OB(O)c1c(O)c(O)c(O)c2c1OC1C(O)=C(O)C(O)=C(O)C21. The minimum Gasteiger partial charge on any atom is -0.507 e. The molecule has 23 heavy (non-hydrogen) atoms. The predicted octanol–water partition coefficient (Wildman–Crippen LogP) is -1.00. The van der Waals surface area contributed by atoms with Gasteiger partial charge in [0.05, 0.1) is 16.9 Å². The molecule has 0 saturated heterocycles. The maximum Gasteiger partial charge on any atom is 0.496 e. The summed E-state index contributed by atoms with van der Waals surface area (Å²) in [6, 6.07) is 0. The van der Waals surface area contributed by atoms with Crippen molar-refractivity contribution < 1.29 is 50.5 Å². The quantitative estimate of drug-likeness (QED) is 0.228. The van der Waals surface area contributed by atoms with E-state index in [9.17, 15) is 45.8 Å². The minimum atomic E-state index is -2.32. The first-order chi connectivity index (χ1) is 10.7. The Hall–Kier alpha value is -2.92. The smallest absolute Gasteiger partial charge is 0.496 e. The average Bonchev–Trinajstić information content (AvgIpc) is 2.88. The van der Waals surface area contributed by atoms with Gasteiger partial charge in [0.2, 0.25) is 11.5 Å². The third kappa shape index (κ3) is 1.71. The highest BCUT2D eigenvalue weighted by atomic mass is 16.5. The molecule has 2 aliphatic rings. The van der Waals surface area contributed by atoms with Crippen LogP contribution in [-0.4, -0.2) is 59.0 Å². The number of phenols is 3. The number of ether oxygens (including phenoxy) is 1. The molecule has 1 aliphatic carbocycles. The molecule has 0 radical (unpaired) electrons. The second-order valence-electron chi connectivity index (χ2n) is 5.06. The molecule has 1 aliphatic heterocycles. The summed E-state index contributed by atoms with van der Waals surface area (Å²) in [7, 11) is -2.32. The molecule has 9 N–H and O–H groups in total. The Labute approximate surface area is 127 Å².